The van der Waals surface area contributed by atoms with Crippen molar-refractivity contribution < 1.29 is 9.18 Å². The molecule has 4 nitrogen and oxygen atoms in total. The van der Waals surface area contributed by atoms with E-state index in [1.54, 1.807) is 12.1 Å². The summed E-state index contributed by atoms with van der Waals surface area (Å²) < 4.78 is 14.8. The number of aryl methyl sites for hydroxylation is 1. The molecule has 26 heavy (non-hydrogen) atoms. The fraction of sp³-hybridized carbons (Fsp3) is 0.200. The van der Waals surface area contributed by atoms with Crippen molar-refractivity contribution in [3.8, 4) is 11.4 Å². The van der Waals surface area contributed by atoms with Gasteiger partial charge in [-0.2, -0.15) is 0 Å². The fourth-order valence-electron chi connectivity index (χ4n) is 2.71. The molecule has 1 aromatic heterocycles. The van der Waals surface area contributed by atoms with Gasteiger partial charge in [-0.25, -0.2) is 9.37 Å². The summed E-state index contributed by atoms with van der Waals surface area (Å²) in [6, 6.07) is 13.7. The molecule has 6 heteroatoms. The van der Waals surface area contributed by atoms with Gasteiger partial charge in [0.2, 0.25) is 5.91 Å². The zero-order chi connectivity index (χ0) is 18.5. The van der Waals surface area contributed by atoms with E-state index in [0.717, 1.165) is 17.0 Å². The Morgan fingerprint density at radius 3 is 2.54 bits per heavy atom. The van der Waals surface area contributed by atoms with Gasteiger partial charge in [-0.15, -0.1) is 0 Å². The van der Waals surface area contributed by atoms with Gasteiger partial charge in [0, 0.05) is 30.4 Å². The Balaban J connectivity index is 1.55. The third-order valence-corrected chi connectivity index (χ3v) is 4.27. The van der Waals surface area contributed by atoms with Gasteiger partial charge in [0.05, 0.1) is 12.1 Å². The van der Waals surface area contributed by atoms with Crippen molar-refractivity contribution in [2.24, 2.45) is 7.05 Å². The third-order valence-electron chi connectivity index (χ3n) is 4.02. The van der Waals surface area contributed by atoms with Crippen molar-refractivity contribution in [2.75, 3.05) is 6.54 Å². The molecule has 0 aliphatic carbocycles. The standard InChI is InChI=1S/C20H19ClFN3O/c1-25-13-18(24-20(25)15-4-6-16(21)7-5-15)12-19(26)23-11-10-14-2-8-17(22)9-3-14/h2-9,13H,10-12H2,1H3,(H,23,26). The fourth-order valence-corrected chi connectivity index (χ4v) is 2.83. The summed E-state index contributed by atoms with van der Waals surface area (Å²) in [5, 5.41) is 3.54. The van der Waals surface area contributed by atoms with Crippen LogP contribution in [-0.2, 0) is 24.7 Å². The van der Waals surface area contributed by atoms with Crippen molar-refractivity contribution >= 4 is 17.5 Å². The lowest BCUT2D eigenvalue weighted by atomic mass is 10.1. The summed E-state index contributed by atoms with van der Waals surface area (Å²) in [4.78, 5) is 16.7. The van der Waals surface area contributed by atoms with Crippen molar-refractivity contribution in [3.63, 3.8) is 0 Å². The number of rotatable bonds is 6. The topological polar surface area (TPSA) is 46.9 Å². The van der Waals surface area contributed by atoms with Crippen molar-refractivity contribution in [1.82, 2.24) is 14.9 Å². The first-order valence-electron chi connectivity index (χ1n) is 8.30. The molecule has 1 heterocycles. The predicted octanol–water partition coefficient (Wildman–Crippen LogP) is 3.78. The van der Waals surface area contributed by atoms with E-state index in [2.05, 4.69) is 10.3 Å². The Kier molecular flexibility index (Phi) is 5.68. The summed E-state index contributed by atoms with van der Waals surface area (Å²) in [5.41, 5.74) is 2.63. The minimum absolute atomic E-state index is 0.0899. The maximum atomic E-state index is 12.9. The molecule has 0 bridgehead atoms. The number of carbonyl (C=O) groups excluding carboxylic acids is 1. The minimum Gasteiger partial charge on any atom is -0.355 e. The van der Waals surface area contributed by atoms with E-state index in [0.29, 0.717) is 23.7 Å². The monoisotopic (exact) mass is 371 g/mol. The summed E-state index contributed by atoms with van der Waals surface area (Å²) in [7, 11) is 1.90. The van der Waals surface area contributed by atoms with Gasteiger partial charge < -0.3 is 9.88 Å². The lowest BCUT2D eigenvalue weighted by Gasteiger charge is -2.04. The van der Waals surface area contributed by atoms with Crippen LogP contribution < -0.4 is 5.32 Å². The average molecular weight is 372 g/mol. The van der Waals surface area contributed by atoms with Gasteiger partial charge in [-0.05, 0) is 48.4 Å². The Morgan fingerprint density at radius 1 is 1.15 bits per heavy atom. The summed E-state index contributed by atoms with van der Waals surface area (Å²) in [6.07, 6.45) is 2.72. The largest absolute Gasteiger partial charge is 0.355 e. The molecule has 0 saturated carbocycles. The second-order valence-corrected chi connectivity index (χ2v) is 6.51. The first kappa shape index (κ1) is 18.1. The van der Waals surface area contributed by atoms with Crippen LogP contribution in [0.1, 0.15) is 11.3 Å². The lowest BCUT2D eigenvalue weighted by molar-refractivity contribution is -0.120. The smallest absolute Gasteiger partial charge is 0.226 e. The predicted molar refractivity (Wildman–Crippen MR) is 100 cm³/mol. The van der Waals surface area contributed by atoms with E-state index in [4.69, 9.17) is 11.6 Å². The number of imidazole rings is 1. The maximum Gasteiger partial charge on any atom is 0.226 e. The molecule has 0 aliphatic rings. The van der Waals surface area contributed by atoms with E-state index in [1.807, 2.05) is 42.1 Å². The van der Waals surface area contributed by atoms with E-state index < -0.39 is 0 Å². The summed E-state index contributed by atoms with van der Waals surface area (Å²) in [6.45, 7) is 0.501. The summed E-state index contributed by atoms with van der Waals surface area (Å²) in [5.74, 6) is 0.438. The molecule has 0 unspecified atom stereocenters. The first-order valence-corrected chi connectivity index (χ1v) is 8.68. The van der Waals surface area contributed by atoms with Gasteiger partial charge in [-0.1, -0.05) is 23.7 Å². The molecule has 0 fully saturated rings. The number of carbonyl (C=O) groups is 1. The van der Waals surface area contributed by atoms with Crippen LogP contribution in [0.2, 0.25) is 5.02 Å². The zero-order valence-electron chi connectivity index (χ0n) is 14.4. The second kappa shape index (κ2) is 8.15. The minimum atomic E-state index is -0.260. The van der Waals surface area contributed by atoms with E-state index >= 15 is 0 Å². The van der Waals surface area contributed by atoms with Crippen LogP contribution in [0, 0.1) is 5.82 Å². The highest BCUT2D eigenvalue weighted by Gasteiger charge is 2.11. The Labute approximate surface area is 156 Å². The lowest BCUT2D eigenvalue weighted by Crippen LogP contribution is -2.27. The SMILES string of the molecule is Cn1cc(CC(=O)NCCc2ccc(F)cc2)nc1-c1ccc(Cl)cc1. The highest BCUT2D eigenvalue weighted by atomic mass is 35.5. The van der Waals surface area contributed by atoms with Crippen molar-refractivity contribution in [3.05, 3.63) is 76.8 Å². The molecule has 0 radical (unpaired) electrons. The average Bonchev–Trinajstić information content (AvgIpc) is 2.97. The van der Waals surface area contributed by atoms with Crippen LogP contribution in [0.3, 0.4) is 0 Å². The molecule has 0 spiro atoms. The number of aromatic nitrogens is 2. The van der Waals surface area contributed by atoms with Crippen LogP contribution in [0.4, 0.5) is 4.39 Å². The molecule has 0 atom stereocenters. The third kappa shape index (κ3) is 4.70. The van der Waals surface area contributed by atoms with Gasteiger partial charge in [0.15, 0.2) is 0 Å². The molecule has 3 rings (SSSR count). The van der Waals surface area contributed by atoms with Gasteiger partial charge in [0.25, 0.3) is 0 Å². The molecule has 134 valence electrons. The number of hydrogen-bond acceptors (Lipinski definition) is 2. The van der Waals surface area contributed by atoms with Gasteiger partial charge >= 0.3 is 0 Å². The normalized spacial score (nSPS) is 10.7. The van der Waals surface area contributed by atoms with Crippen molar-refractivity contribution in [2.45, 2.75) is 12.8 Å². The number of amides is 1. The van der Waals surface area contributed by atoms with Crippen LogP contribution in [-0.4, -0.2) is 22.0 Å². The highest BCUT2D eigenvalue weighted by Crippen LogP contribution is 2.20. The van der Waals surface area contributed by atoms with E-state index in [-0.39, 0.29) is 18.1 Å². The van der Waals surface area contributed by atoms with E-state index in [9.17, 15) is 9.18 Å². The Bertz CT molecular complexity index is 888. The number of halogens is 2. The first-order chi connectivity index (χ1) is 12.5. The zero-order valence-corrected chi connectivity index (χ0v) is 15.1. The van der Waals surface area contributed by atoms with Crippen LogP contribution in [0.5, 0.6) is 0 Å². The van der Waals surface area contributed by atoms with Crippen LogP contribution in [0.15, 0.2) is 54.7 Å². The molecule has 0 saturated heterocycles. The molecule has 1 N–H and O–H groups in total. The molecule has 1 amide bonds. The van der Waals surface area contributed by atoms with Crippen LogP contribution in [0.25, 0.3) is 11.4 Å². The van der Waals surface area contributed by atoms with Crippen molar-refractivity contribution in [1.29, 1.82) is 0 Å². The Hall–Kier alpha value is -2.66. The number of benzene rings is 2. The van der Waals surface area contributed by atoms with E-state index in [1.165, 1.54) is 12.1 Å². The van der Waals surface area contributed by atoms with Gasteiger partial charge in [-0.3, -0.25) is 4.79 Å². The number of nitrogens with one attached hydrogen (secondary N) is 1. The quantitative estimate of drug-likeness (QED) is 0.716. The maximum absolute atomic E-state index is 12.9. The van der Waals surface area contributed by atoms with Gasteiger partial charge in [0.1, 0.15) is 11.6 Å². The summed E-state index contributed by atoms with van der Waals surface area (Å²) >= 11 is 5.91. The molecule has 2 aromatic carbocycles. The number of hydrogen-bond donors (Lipinski definition) is 1. The second-order valence-electron chi connectivity index (χ2n) is 6.08. The molecular formula is C20H19ClFN3O. The van der Waals surface area contributed by atoms with Crippen LogP contribution >= 0.6 is 11.6 Å². The Morgan fingerprint density at radius 2 is 1.85 bits per heavy atom. The highest BCUT2D eigenvalue weighted by molar-refractivity contribution is 6.30. The number of nitrogens with zero attached hydrogens (tertiary/aromatic N) is 2. The molecule has 3 aromatic rings. The molecular weight excluding hydrogens is 353 g/mol. The molecule has 0 aliphatic heterocycles.